The molecule has 0 aliphatic carbocycles. The summed E-state index contributed by atoms with van der Waals surface area (Å²) >= 11 is 5.14. The molecule has 1 aromatic carbocycles. The molecule has 0 saturated heterocycles. The summed E-state index contributed by atoms with van der Waals surface area (Å²) in [5, 5.41) is 2.05. The van der Waals surface area contributed by atoms with Crippen LogP contribution in [0.1, 0.15) is 23.4 Å². The van der Waals surface area contributed by atoms with Crippen LogP contribution in [-0.2, 0) is 6.61 Å². The maximum Gasteiger partial charge on any atom is 0.125 e. The standard InChI is InChI=1S/C13H14BrNOS/c1-9(15)12-5-4-10(14)7-13(12)16-8-11-3-2-6-17-11/h2-7,9H,8,15H2,1H3/t9-/m1/s1. The second kappa shape index (κ2) is 5.67. The van der Waals surface area contributed by atoms with Gasteiger partial charge in [0, 0.05) is 21.0 Å². The van der Waals surface area contributed by atoms with E-state index in [1.54, 1.807) is 11.3 Å². The van der Waals surface area contributed by atoms with E-state index in [4.69, 9.17) is 10.5 Å². The average Bonchev–Trinajstić information content (AvgIpc) is 2.78. The van der Waals surface area contributed by atoms with Crippen molar-refractivity contribution in [3.63, 3.8) is 0 Å². The van der Waals surface area contributed by atoms with E-state index >= 15 is 0 Å². The third-order valence-corrected chi connectivity index (χ3v) is 3.76. The molecule has 0 bridgehead atoms. The Hall–Kier alpha value is -0.840. The molecular formula is C13H14BrNOS. The summed E-state index contributed by atoms with van der Waals surface area (Å²) in [5.74, 6) is 0.850. The highest BCUT2D eigenvalue weighted by molar-refractivity contribution is 9.10. The molecule has 0 unspecified atom stereocenters. The zero-order valence-electron chi connectivity index (χ0n) is 9.52. The van der Waals surface area contributed by atoms with Crippen molar-refractivity contribution in [3.8, 4) is 5.75 Å². The topological polar surface area (TPSA) is 35.2 Å². The molecule has 0 radical (unpaired) electrons. The maximum absolute atomic E-state index is 5.92. The van der Waals surface area contributed by atoms with Crippen molar-refractivity contribution in [2.24, 2.45) is 5.73 Å². The van der Waals surface area contributed by atoms with Gasteiger partial charge in [-0.2, -0.15) is 0 Å². The summed E-state index contributed by atoms with van der Waals surface area (Å²) in [7, 11) is 0. The third kappa shape index (κ3) is 3.31. The molecule has 0 saturated carbocycles. The SMILES string of the molecule is C[C@@H](N)c1ccc(Br)cc1OCc1cccs1. The minimum Gasteiger partial charge on any atom is -0.488 e. The van der Waals surface area contributed by atoms with Gasteiger partial charge in [-0.3, -0.25) is 0 Å². The Bertz CT molecular complexity index is 482. The van der Waals surface area contributed by atoms with Crippen LogP contribution in [0.2, 0.25) is 0 Å². The van der Waals surface area contributed by atoms with Crippen LogP contribution in [0.15, 0.2) is 40.2 Å². The van der Waals surface area contributed by atoms with Gasteiger partial charge in [0.05, 0.1) is 0 Å². The average molecular weight is 312 g/mol. The van der Waals surface area contributed by atoms with Crippen LogP contribution in [0.3, 0.4) is 0 Å². The van der Waals surface area contributed by atoms with Crippen LogP contribution in [0, 0.1) is 0 Å². The van der Waals surface area contributed by atoms with E-state index in [1.165, 1.54) is 4.88 Å². The smallest absolute Gasteiger partial charge is 0.125 e. The quantitative estimate of drug-likeness (QED) is 0.922. The van der Waals surface area contributed by atoms with Gasteiger partial charge in [-0.05, 0) is 30.5 Å². The van der Waals surface area contributed by atoms with E-state index in [0.717, 1.165) is 15.8 Å². The Morgan fingerprint density at radius 3 is 2.88 bits per heavy atom. The Morgan fingerprint density at radius 2 is 2.24 bits per heavy atom. The monoisotopic (exact) mass is 311 g/mol. The van der Waals surface area contributed by atoms with Crippen molar-refractivity contribution in [3.05, 3.63) is 50.6 Å². The van der Waals surface area contributed by atoms with Gasteiger partial charge in [0.25, 0.3) is 0 Å². The number of benzene rings is 1. The minimum atomic E-state index is -0.0264. The van der Waals surface area contributed by atoms with Crippen molar-refractivity contribution in [1.82, 2.24) is 0 Å². The molecule has 1 heterocycles. The zero-order valence-corrected chi connectivity index (χ0v) is 11.9. The Kier molecular flexibility index (Phi) is 4.20. The van der Waals surface area contributed by atoms with Crippen LogP contribution in [0.4, 0.5) is 0 Å². The lowest BCUT2D eigenvalue weighted by Gasteiger charge is -2.13. The largest absolute Gasteiger partial charge is 0.488 e. The van der Waals surface area contributed by atoms with Gasteiger partial charge in [0.1, 0.15) is 12.4 Å². The fourth-order valence-electron chi connectivity index (χ4n) is 1.55. The lowest BCUT2D eigenvalue weighted by atomic mass is 10.1. The van der Waals surface area contributed by atoms with Gasteiger partial charge >= 0.3 is 0 Å². The predicted molar refractivity (Wildman–Crippen MR) is 75.4 cm³/mol. The van der Waals surface area contributed by atoms with E-state index in [2.05, 4.69) is 22.0 Å². The van der Waals surface area contributed by atoms with Crippen LogP contribution in [0.25, 0.3) is 0 Å². The molecule has 17 heavy (non-hydrogen) atoms. The molecule has 0 aliphatic heterocycles. The third-order valence-electron chi connectivity index (χ3n) is 2.42. The normalized spacial score (nSPS) is 12.4. The lowest BCUT2D eigenvalue weighted by molar-refractivity contribution is 0.305. The van der Waals surface area contributed by atoms with Crippen molar-refractivity contribution in [2.75, 3.05) is 0 Å². The molecule has 0 aliphatic rings. The molecule has 0 spiro atoms. The van der Waals surface area contributed by atoms with E-state index in [-0.39, 0.29) is 6.04 Å². The van der Waals surface area contributed by atoms with Crippen LogP contribution in [-0.4, -0.2) is 0 Å². The number of hydrogen-bond donors (Lipinski definition) is 1. The molecule has 0 amide bonds. The molecule has 2 N–H and O–H groups in total. The lowest BCUT2D eigenvalue weighted by Crippen LogP contribution is -2.07. The van der Waals surface area contributed by atoms with Gasteiger partial charge in [0.15, 0.2) is 0 Å². The number of halogens is 1. The first-order chi connectivity index (χ1) is 8.16. The first-order valence-electron chi connectivity index (χ1n) is 5.37. The molecule has 2 aromatic rings. The van der Waals surface area contributed by atoms with Crippen molar-refractivity contribution >= 4 is 27.3 Å². The number of ether oxygens (including phenoxy) is 1. The number of thiophene rings is 1. The van der Waals surface area contributed by atoms with Crippen molar-refractivity contribution in [1.29, 1.82) is 0 Å². The summed E-state index contributed by atoms with van der Waals surface area (Å²) in [6, 6.07) is 10.0. The first kappa shape index (κ1) is 12.6. The van der Waals surface area contributed by atoms with Gasteiger partial charge in [-0.15, -0.1) is 11.3 Å². The summed E-state index contributed by atoms with van der Waals surface area (Å²) < 4.78 is 6.83. The van der Waals surface area contributed by atoms with Gasteiger partial charge < -0.3 is 10.5 Å². The van der Waals surface area contributed by atoms with Crippen LogP contribution >= 0.6 is 27.3 Å². The minimum absolute atomic E-state index is 0.0264. The summed E-state index contributed by atoms with van der Waals surface area (Å²) in [4.78, 5) is 1.21. The highest BCUT2D eigenvalue weighted by atomic mass is 79.9. The second-order valence-electron chi connectivity index (χ2n) is 3.84. The van der Waals surface area contributed by atoms with Gasteiger partial charge in [-0.25, -0.2) is 0 Å². The van der Waals surface area contributed by atoms with Crippen LogP contribution in [0.5, 0.6) is 5.75 Å². The fraction of sp³-hybridized carbons (Fsp3) is 0.231. The van der Waals surface area contributed by atoms with E-state index in [0.29, 0.717) is 6.61 Å². The zero-order chi connectivity index (χ0) is 12.3. The Labute approximate surface area is 114 Å². The molecule has 4 heteroatoms. The molecular weight excluding hydrogens is 298 g/mol. The maximum atomic E-state index is 5.92. The molecule has 2 rings (SSSR count). The Morgan fingerprint density at radius 1 is 1.41 bits per heavy atom. The summed E-state index contributed by atoms with van der Waals surface area (Å²) in [6.07, 6.45) is 0. The number of nitrogens with two attached hydrogens (primary N) is 1. The molecule has 1 atom stereocenters. The molecule has 90 valence electrons. The summed E-state index contributed by atoms with van der Waals surface area (Å²) in [6.45, 7) is 2.55. The van der Waals surface area contributed by atoms with E-state index in [9.17, 15) is 0 Å². The highest BCUT2D eigenvalue weighted by Crippen LogP contribution is 2.28. The molecule has 0 fully saturated rings. The second-order valence-corrected chi connectivity index (χ2v) is 5.79. The number of hydrogen-bond acceptors (Lipinski definition) is 3. The highest BCUT2D eigenvalue weighted by Gasteiger charge is 2.09. The summed E-state index contributed by atoms with van der Waals surface area (Å²) in [5.41, 5.74) is 6.95. The van der Waals surface area contributed by atoms with Gasteiger partial charge in [0.2, 0.25) is 0 Å². The number of rotatable bonds is 4. The van der Waals surface area contributed by atoms with Crippen molar-refractivity contribution < 1.29 is 4.74 Å². The van der Waals surface area contributed by atoms with E-state index < -0.39 is 0 Å². The Balaban J connectivity index is 2.16. The predicted octanol–water partition coefficient (Wildman–Crippen LogP) is 4.11. The fourth-order valence-corrected chi connectivity index (χ4v) is 2.51. The van der Waals surface area contributed by atoms with E-state index in [1.807, 2.05) is 36.6 Å². The molecule has 2 nitrogen and oxygen atoms in total. The van der Waals surface area contributed by atoms with Gasteiger partial charge in [-0.1, -0.05) is 28.1 Å². The first-order valence-corrected chi connectivity index (χ1v) is 7.04. The van der Waals surface area contributed by atoms with Crippen LogP contribution < -0.4 is 10.5 Å². The molecule has 1 aromatic heterocycles. The van der Waals surface area contributed by atoms with Crippen molar-refractivity contribution in [2.45, 2.75) is 19.6 Å².